The number of hydrogen-bond acceptors (Lipinski definition) is 3. The van der Waals surface area contributed by atoms with Gasteiger partial charge in [-0.3, -0.25) is 4.79 Å². The normalized spacial score (nSPS) is 14.6. The van der Waals surface area contributed by atoms with Gasteiger partial charge in [-0.15, -0.1) is 0 Å². The zero-order valence-corrected chi connectivity index (χ0v) is 12.5. The third kappa shape index (κ3) is 2.49. The largest absolute Gasteiger partial charge is 0.378 e. The monoisotopic (exact) mass is 295 g/mol. The van der Waals surface area contributed by atoms with Crippen molar-refractivity contribution in [2.24, 2.45) is 0 Å². The van der Waals surface area contributed by atoms with E-state index in [1.807, 2.05) is 35.8 Å². The summed E-state index contributed by atoms with van der Waals surface area (Å²) < 4.78 is 7.10. The molecule has 5 heteroatoms. The fourth-order valence-electron chi connectivity index (χ4n) is 2.69. The van der Waals surface area contributed by atoms with Gasteiger partial charge in [0.2, 0.25) is 0 Å². The molecule has 0 saturated carbocycles. The molecule has 1 aliphatic rings. The summed E-state index contributed by atoms with van der Waals surface area (Å²) in [5.74, 6) is -0.117. The minimum absolute atomic E-state index is 0.117. The summed E-state index contributed by atoms with van der Waals surface area (Å²) in [7, 11) is 0. The highest BCUT2D eigenvalue weighted by atomic mass is 16.5. The Kier molecular flexibility index (Phi) is 3.94. The predicted molar refractivity (Wildman–Crippen MR) is 81.9 cm³/mol. The lowest BCUT2D eigenvalue weighted by atomic mass is 10.1. The number of hydrogen-bond donors (Lipinski definition) is 0. The summed E-state index contributed by atoms with van der Waals surface area (Å²) in [6, 6.07) is 11.6. The zero-order chi connectivity index (χ0) is 15.5. The first-order chi connectivity index (χ1) is 10.7. The standard InChI is InChI=1S/C17H17N3O2/c1-13-4-2-3-5-15(13)20-7-6-14(12-18)16(20)17(21)19-8-10-22-11-9-19/h2-7H,8-11H2,1H3. The molecule has 0 spiro atoms. The first kappa shape index (κ1) is 14.4. The Morgan fingerprint density at radius 2 is 1.95 bits per heavy atom. The second-order valence-electron chi connectivity index (χ2n) is 5.25. The van der Waals surface area contributed by atoms with E-state index in [1.165, 1.54) is 0 Å². The number of nitrogens with zero attached hydrogens (tertiary/aromatic N) is 3. The molecule has 1 amide bonds. The molecule has 1 aromatic heterocycles. The Labute approximate surface area is 129 Å². The highest BCUT2D eigenvalue weighted by Gasteiger charge is 2.25. The molecule has 2 aromatic rings. The molecule has 0 unspecified atom stereocenters. The summed E-state index contributed by atoms with van der Waals surface area (Å²) in [5.41, 5.74) is 2.80. The molecular formula is C17H17N3O2. The van der Waals surface area contributed by atoms with Gasteiger partial charge in [0.15, 0.2) is 0 Å². The van der Waals surface area contributed by atoms with Gasteiger partial charge in [-0.05, 0) is 24.6 Å². The van der Waals surface area contributed by atoms with Crippen LogP contribution in [0.3, 0.4) is 0 Å². The quantitative estimate of drug-likeness (QED) is 0.853. The summed E-state index contributed by atoms with van der Waals surface area (Å²) in [4.78, 5) is 14.6. The number of aryl methyl sites for hydroxylation is 1. The molecular weight excluding hydrogens is 278 g/mol. The molecule has 1 aromatic carbocycles. The molecule has 0 atom stereocenters. The Morgan fingerprint density at radius 3 is 2.64 bits per heavy atom. The molecule has 0 N–H and O–H groups in total. The number of aromatic nitrogens is 1. The average molecular weight is 295 g/mol. The highest BCUT2D eigenvalue weighted by Crippen LogP contribution is 2.21. The van der Waals surface area contributed by atoms with E-state index in [4.69, 9.17) is 4.74 Å². The third-order valence-corrected chi connectivity index (χ3v) is 3.88. The van der Waals surface area contributed by atoms with Crippen molar-refractivity contribution in [2.75, 3.05) is 26.3 Å². The van der Waals surface area contributed by atoms with Gasteiger partial charge in [0.1, 0.15) is 11.8 Å². The van der Waals surface area contributed by atoms with Gasteiger partial charge in [-0.2, -0.15) is 5.26 Å². The predicted octanol–water partition coefficient (Wildman–Crippen LogP) is 2.13. The van der Waals surface area contributed by atoms with Crippen LogP contribution in [0, 0.1) is 18.3 Å². The number of carbonyl (C=O) groups excluding carboxylic acids is 1. The van der Waals surface area contributed by atoms with E-state index in [2.05, 4.69) is 6.07 Å². The fraction of sp³-hybridized carbons (Fsp3) is 0.294. The van der Waals surface area contributed by atoms with Crippen molar-refractivity contribution in [3.8, 4) is 11.8 Å². The van der Waals surface area contributed by atoms with E-state index in [1.54, 1.807) is 17.2 Å². The van der Waals surface area contributed by atoms with Gasteiger partial charge in [0, 0.05) is 25.0 Å². The maximum absolute atomic E-state index is 12.8. The second-order valence-corrected chi connectivity index (χ2v) is 5.25. The van der Waals surface area contributed by atoms with Crippen molar-refractivity contribution in [3.63, 3.8) is 0 Å². The van der Waals surface area contributed by atoms with Crippen LogP contribution in [0.5, 0.6) is 0 Å². The number of morpholine rings is 1. The van der Waals surface area contributed by atoms with Gasteiger partial charge >= 0.3 is 0 Å². The SMILES string of the molecule is Cc1ccccc1-n1ccc(C#N)c1C(=O)N1CCOCC1. The van der Waals surface area contributed by atoms with E-state index in [9.17, 15) is 10.1 Å². The minimum Gasteiger partial charge on any atom is -0.378 e. The van der Waals surface area contributed by atoms with Gasteiger partial charge in [0.05, 0.1) is 18.8 Å². The van der Waals surface area contributed by atoms with Crippen LogP contribution in [0.25, 0.3) is 5.69 Å². The summed E-state index contributed by atoms with van der Waals surface area (Å²) in [5, 5.41) is 9.34. The van der Waals surface area contributed by atoms with E-state index in [0.29, 0.717) is 37.6 Å². The molecule has 0 aliphatic carbocycles. The number of para-hydroxylation sites is 1. The van der Waals surface area contributed by atoms with Gasteiger partial charge < -0.3 is 14.2 Å². The molecule has 2 heterocycles. The van der Waals surface area contributed by atoms with Crippen molar-refractivity contribution in [1.82, 2.24) is 9.47 Å². The molecule has 0 radical (unpaired) electrons. The van der Waals surface area contributed by atoms with Crippen LogP contribution < -0.4 is 0 Å². The van der Waals surface area contributed by atoms with Crippen LogP contribution in [0.2, 0.25) is 0 Å². The number of ether oxygens (including phenoxy) is 1. The van der Waals surface area contributed by atoms with E-state index in [-0.39, 0.29) is 5.91 Å². The van der Waals surface area contributed by atoms with Gasteiger partial charge in [0.25, 0.3) is 5.91 Å². The highest BCUT2D eigenvalue weighted by molar-refractivity contribution is 5.96. The molecule has 1 fully saturated rings. The second kappa shape index (κ2) is 6.04. The van der Waals surface area contributed by atoms with E-state index < -0.39 is 0 Å². The van der Waals surface area contributed by atoms with Crippen molar-refractivity contribution < 1.29 is 9.53 Å². The summed E-state index contributed by atoms with van der Waals surface area (Å²) in [6.45, 7) is 4.19. The number of carbonyl (C=O) groups is 1. The van der Waals surface area contributed by atoms with Crippen LogP contribution >= 0.6 is 0 Å². The number of nitriles is 1. The molecule has 5 nitrogen and oxygen atoms in total. The first-order valence-corrected chi connectivity index (χ1v) is 7.27. The van der Waals surface area contributed by atoms with Gasteiger partial charge in [-0.25, -0.2) is 0 Å². The smallest absolute Gasteiger partial charge is 0.272 e. The van der Waals surface area contributed by atoms with Crippen LogP contribution in [0.1, 0.15) is 21.6 Å². The van der Waals surface area contributed by atoms with Crippen LogP contribution in [0.4, 0.5) is 0 Å². The third-order valence-electron chi connectivity index (χ3n) is 3.88. The van der Waals surface area contributed by atoms with Crippen molar-refractivity contribution in [3.05, 3.63) is 53.3 Å². The fourth-order valence-corrected chi connectivity index (χ4v) is 2.69. The number of benzene rings is 1. The molecule has 3 rings (SSSR count). The Balaban J connectivity index is 2.06. The molecule has 1 saturated heterocycles. The Bertz CT molecular complexity index is 737. The average Bonchev–Trinajstić information content (AvgIpc) is 2.99. The number of amides is 1. The van der Waals surface area contributed by atoms with E-state index in [0.717, 1.165) is 11.3 Å². The summed E-state index contributed by atoms with van der Waals surface area (Å²) in [6.07, 6.45) is 1.79. The van der Waals surface area contributed by atoms with Crippen LogP contribution in [0.15, 0.2) is 36.5 Å². The van der Waals surface area contributed by atoms with Crippen LogP contribution in [-0.4, -0.2) is 41.7 Å². The lowest BCUT2D eigenvalue weighted by Gasteiger charge is -2.27. The molecule has 112 valence electrons. The van der Waals surface area contributed by atoms with Gasteiger partial charge in [-0.1, -0.05) is 18.2 Å². The Morgan fingerprint density at radius 1 is 1.23 bits per heavy atom. The van der Waals surface area contributed by atoms with Crippen LogP contribution in [-0.2, 0) is 4.74 Å². The summed E-state index contributed by atoms with van der Waals surface area (Å²) >= 11 is 0. The van der Waals surface area contributed by atoms with E-state index >= 15 is 0 Å². The minimum atomic E-state index is -0.117. The Hall–Kier alpha value is -2.58. The first-order valence-electron chi connectivity index (χ1n) is 7.27. The number of rotatable bonds is 2. The maximum Gasteiger partial charge on any atom is 0.272 e. The molecule has 0 bridgehead atoms. The lowest BCUT2D eigenvalue weighted by molar-refractivity contribution is 0.0297. The van der Waals surface area contributed by atoms with Crippen molar-refractivity contribution >= 4 is 5.91 Å². The molecule has 22 heavy (non-hydrogen) atoms. The van der Waals surface area contributed by atoms with Crippen molar-refractivity contribution in [2.45, 2.75) is 6.92 Å². The lowest BCUT2D eigenvalue weighted by Crippen LogP contribution is -2.41. The molecule has 1 aliphatic heterocycles. The maximum atomic E-state index is 12.8. The zero-order valence-electron chi connectivity index (χ0n) is 12.5. The van der Waals surface area contributed by atoms with Crippen molar-refractivity contribution in [1.29, 1.82) is 5.26 Å². The topological polar surface area (TPSA) is 58.3 Å².